The highest BCUT2D eigenvalue weighted by atomic mass is 16.5. The van der Waals surface area contributed by atoms with Gasteiger partial charge in [0, 0.05) is 6.08 Å². The van der Waals surface area contributed by atoms with Gasteiger partial charge >= 0.3 is 11.9 Å². The zero-order valence-corrected chi connectivity index (χ0v) is 16.9. The first-order valence-electron chi connectivity index (χ1n) is 10.3. The van der Waals surface area contributed by atoms with Gasteiger partial charge in [-0.3, -0.25) is 4.79 Å². The van der Waals surface area contributed by atoms with Gasteiger partial charge in [-0.25, -0.2) is 4.79 Å². The van der Waals surface area contributed by atoms with Crippen LogP contribution in [0.2, 0.25) is 0 Å². The van der Waals surface area contributed by atoms with Crippen molar-refractivity contribution in [3.8, 4) is 11.5 Å². The Morgan fingerprint density at radius 3 is 2.21 bits per heavy atom. The average molecular weight is 389 g/mol. The van der Waals surface area contributed by atoms with Crippen molar-refractivity contribution in [1.29, 1.82) is 0 Å². The summed E-state index contributed by atoms with van der Waals surface area (Å²) in [4.78, 5) is 23.1. The largest absolute Gasteiger partial charge is 0.494 e. The van der Waals surface area contributed by atoms with Crippen molar-refractivity contribution in [3.05, 3.63) is 36.9 Å². The number of carbonyl (C=O) groups is 2. The van der Waals surface area contributed by atoms with Crippen molar-refractivity contribution in [2.45, 2.75) is 58.3 Å². The molecule has 1 saturated carbocycles. The lowest BCUT2D eigenvalue weighted by molar-refractivity contribution is -0.140. The molecule has 0 aliphatic heterocycles. The molecule has 0 radical (unpaired) electrons. The molecule has 0 atom stereocenters. The molecule has 0 heterocycles. The van der Waals surface area contributed by atoms with Crippen molar-refractivity contribution >= 4 is 11.9 Å². The molecule has 1 aromatic rings. The molecule has 2 rings (SSSR count). The molecule has 28 heavy (non-hydrogen) atoms. The summed E-state index contributed by atoms with van der Waals surface area (Å²) in [5.74, 6) is 1.61. The van der Waals surface area contributed by atoms with Crippen molar-refractivity contribution in [2.75, 3.05) is 13.2 Å². The maximum atomic E-state index is 12.2. The van der Waals surface area contributed by atoms with Crippen LogP contribution in [0.4, 0.5) is 0 Å². The van der Waals surface area contributed by atoms with Gasteiger partial charge in [-0.15, -0.1) is 0 Å². The van der Waals surface area contributed by atoms with Crippen LogP contribution in [0.3, 0.4) is 0 Å². The number of rotatable bonds is 11. The van der Waals surface area contributed by atoms with E-state index in [1.54, 1.807) is 12.1 Å². The van der Waals surface area contributed by atoms with Gasteiger partial charge in [0.25, 0.3) is 0 Å². The zero-order valence-electron chi connectivity index (χ0n) is 16.9. The molecule has 1 aromatic carbocycles. The van der Waals surface area contributed by atoms with Crippen LogP contribution in [0.5, 0.6) is 11.5 Å². The van der Waals surface area contributed by atoms with Crippen LogP contribution in [-0.4, -0.2) is 25.2 Å². The first kappa shape index (κ1) is 22.0. The Hall–Kier alpha value is -2.30. The summed E-state index contributed by atoms with van der Waals surface area (Å²) in [6.07, 6.45) is 9.03. The quantitative estimate of drug-likeness (QED) is 0.229. The standard InChI is InChI=1S/C23H32O5/c1-3-22(24)27-17-7-5-4-6-16-26-20-12-14-21(15-13-20)28-23(25)19-10-8-18(2)9-11-19/h3,12-15,18-19H,1,4-11,16-17H2,2H3. The van der Waals surface area contributed by atoms with Crippen molar-refractivity contribution < 1.29 is 23.8 Å². The lowest BCUT2D eigenvalue weighted by Crippen LogP contribution is -2.24. The summed E-state index contributed by atoms with van der Waals surface area (Å²) in [6.45, 7) is 6.66. The summed E-state index contributed by atoms with van der Waals surface area (Å²) in [5, 5.41) is 0. The van der Waals surface area contributed by atoms with E-state index < -0.39 is 0 Å². The third-order valence-electron chi connectivity index (χ3n) is 5.11. The van der Waals surface area contributed by atoms with Crippen LogP contribution in [0.25, 0.3) is 0 Å². The second-order valence-electron chi connectivity index (χ2n) is 7.48. The van der Waals surface area contributed by atoms with Gasteiger partial charge in [-0.05, 0) is 81.5 Å². The zero-order chi connectivity index (χ0) is 20.2. The van der Waals surface area contributed by atoms with E-state index in [9.17, 15) is 9.59 Å². The minimum atomic E-state index is -0.370. The number of ether oxygens (including phenoxy) is 3. The Bertz CT molecular complexity index is 614. The van der Waals surface area contributed by atoms with Crippen LogP contribution < -0.4 is 9.47 Å². The molecular weight excluding hydrogens is 356 g/mol. The fourth-order valence-corrected chi connectivity index (χ4v) is 3.28. The Morgan fingerprint density at radius 1 is 0.964 bits per heavy atom. The maximum absolute atomic E-state index is 12.2. The van der Waals surface area contributed by atoms with Gasteiger partial charge < -0.3 is 14.2 Å². The highest BCUT2D eigenvalue weighted by molar-refractivity contribution is 5.81. The van der Waals surface area contributed by atoms with Gasteiger partial charge in [0.05, 0.1) is 19.1 Å². The van der Waals surface area contributed by atoms with E-state index in [1.165, 1.54) is 6.08 Å². The third kappa shape index (κ3) is 8.15. The average Bonchev–Trinajstić information content (AvgIpc) is 2.71. The van der Waals surface area contributed by atoms with Gasteiger partial charge in [-0.1, -0.05) is 13.5 Å². The molecule has 5 heteroatoms. The fourth-order valence-electron chi connectivity index (χ4n) is 3.28. The van der Waals surface area contributed by atoms with Crippen LogP contribution in [0.1, 0.15) is 58.3 Å². The van der Waals surface area contributed by atoms with Gasteiger partial charge in [0.1, 0.15) is 11.5 Å². The second-order valence-corrected chi connectivity index (χ2v) is 7.48. The molecule has 1 aliphatic rings. The van der Waals surface area contributed by atoms with Gasteiger partial charge in [0.2, 0.25) is 0 Å². The smallest absolute Gasteiger partial charge is 0.330 e. The Labute approximate surface area is 168 Å². The van der Waals surface area contributed by atoms with E-state index in [2.05, 4.69) is 13.5 Å². The molecule has 0 bridgehead atoms. The molecule has 0 amide bonds. The number of benzene rings is 1. The first-order chi connectivity index (χ1) is 13.6. The summed E-state index contributed by atoms with van der Waals surface area (Å²) in [6, 6.07) is 7.24. The molecule has 1 fully saturated rings. The summed E-state index contributed by atoms with van der Waals surface area (Å²) in [5.41, 5.74) is 0. The normalized spacial score (nSPS) is 18.9. The van der Waals surface area contributed by atoms with E-state index in [0.29, 0.717) is 19.0 Å². The third-order valence-corrected chi connectivity index (χ3v) is 5.11. The fraction of sp³-hybridized carbons (Fsp3) is 0.565. The lowest BCUT2D eigenvalue weighted by atomic mass is 9.83. The Balaban J connectivity index is 1.57. The van der Waals surface area contributed by atoms with E-state index in [-0.39, 0.29) is 17.9 Å². The van der Waals surface area contributed by atoms with Crippen LogP contribution in [0.15, 0.2) is 36.9 Å². The summed E-state index contributed by atoms with van der Waals surface area (Å²) in [7, 11) is 0. The monoisotopic (exact) mass is 388 g/mol. The molecule has 0 aromatic heterocycles. The number of unbranched alkanes of at least 4 members (excludes halogenated alkanes) is 3. The van der Waals surface area contributed by atoms with E-state index in [0.717, 1.165) is 63.0 Å². The highest BCUT2D eigenvalue weighted by Crippen LogP contribution is 2.29. The molecule has 0 unspecified atom stereocenters. The number of hydrogen-bond donors (Lipinski definition) is 0. The summed E-state index contributed by atoms with van der Waals surface area (Å²) < 4.78 is 16.2. The number of esters is 2. The van der Waals surface area contributed by atoms with Crippen LogP contribution >= 0.6 is 0 Å². The Kier molecular flexibility index (Phi) is 9.60. The minimum Gasteiger partial charge on any atom is -0.494 e. The van der Waals surface area contributed by atoms with Crippen LogP contribution in [-0.2, 0) is 14.3 Å². The molecule has 154 valence electrons. The number of hydrogen-bond acceptors (Lipinski definition) is 5. The lowest BCUT2D eigenvalue weighted by Gasteiger charge is -2.24. The van der Waals surface area contributed by atoms with Crippen LogP contribution in [0, 0.1) is 11.8 Å². The van der Waals surface area contributed by atoms with Crippen molar-refractivity contribution in [3.63, 3.8) is 0 Å². The molecule has 5 nitrogen and oxygen atoms in total. The molecule has 0 saturated heterocycles. The highest BCUT2D eigenvalue weighted by Gasteiger charge is 2.25. The second kappa shape index (κ2) is 12.2. The minimum absolute atomic E-state index is 0.0346. The summed E-state index contributed by atoms with van der Waals surface area (Å²) >= 11 is 0. The van der Waals surface area contributed by atoms with Gasteiger partial charge in [0.15, 0.2) is 0 Å². The Morgan fingerprint density at radius 2 is 1.57 bits per heavy atom. The van der Waals surface area contributed by atoms with E-state index in [1.807, 2.05) is 12.1 Å². The predicted octanol–water partition coefficient (Wildman–Crippen LogP) is 5.09. The molecule has 0 N–H and O–H groups in total. The predicted molar refractivity (Wildman–Crippen MR) is 108 cm³/mol. The van der Waals surface area contributed by atoms with E-state index in [4.69, 9.17) is 14.2 Å². The topological polar surface area (TPSA) is 61.8 Å². The number of carbonyl (C=O) groups excluding carboxylic acids is 2. The van der Waals surface area contributed by atoms with E-state index >= 15 is 0 Å². The molecular formula is C23H32O5. The van der Waals surface area contributed by atoms with Crippen molar-refractivity contribution in [2.24, 2.45) is 11.8 Å². The SMILES string of the molecule is C=CC(=O)OCCCCCCOc1ccc(OC(=O)C2CCC(C)CC2)cc1. The molecule has 1 aliphatic carbocycles. The maximum Gasteiger partial charge on any atom is 0.330 e. The first-order valence-corrected chi connectivity index (χ1v) is 10.3. The van der Waals surface area contributed by atoms with Crippen molar-refractivity contribution in [1.82, 2.24) is 0 Å². The van der Waals surface area contributed by atoms with Gasteiger partial charge in [-0.2, -0.15) is 0 Å². The molecule has 0 spiro atoms.